The standard InChI is InChI=1S/C14H18N2O3/c1-11-9-12(10-15)3-4-13(11)14(18)16(5-7-17)6-8-19-2/h3-4,9,17H,5-8H2,1-2H3. The fourth-order valence-electron chi connectivity index (χ4n) is 1.78. The summed E-state index contributed by atoms with van der Waals surface area (Å²) in [6.07, 6.45) is 0. The summed E-state index contributed by atoms with van der Waals surface area (Å²) >= 11 is 0. The van der Waals surface area contributed by atoms with E-state index in [1.54, 1.807) is 32.2 Å². The van der Waals surface area contributed by atoms with E-state index in [0.29, 0.717) is 24.3 Å². The van der Waals surface area contributed by atoms with Gasteiger partial charge in [-0.25, -0.2) is 0 Å². The van der Waals surface area contributed by atoms with Crippen LogP contribution in [-0.4, -0.2) is 49.3 Å². The monoisotopic (exact) mass is 262 g/mol. The SMILES string of the molecule is COCCN(CCO)C(=O)c1ccc(C#N)cc1C. The number of aliphatic hydroxyl groups is 1. The molecule has 1 amide bonds. The Balaban J connectivity index is 2.93. The van der Waals surface area contributed by atoms with Gasteiger partial charge in [-0.15, -0.1) is 0 Å². The zero-order valence-electron chi connectivity index (χ0n) is 11.2. The molecule has 0 aliphatic rings. The molecule has 0 saturated heterocycles. The number of hydrogen-bond donors (Lipinski definition) is 1. The Labute approximate surface area is 113 Å². The molecule has 0 unspecified atom stereocenters. The van der Waals surface area contributed by atoms with Crippen LogP contribution in [0, 0.1) is 18.3 Å². The van der Waals surface area contributed by atoms with Crippen LogP contribution >= 0.6 is 0 Å². The summed E-state index contributed by atoms with van der Waals surface area (Å²) in [6.45, 7) is 2.81. The number of rotatable bonds is 6. The van der Waals surface area contributed by atoms with Crippen molar-refractivity contribution in [3.63, 3.8) is 0 Å². The summed E-state index contributed by atoms with van der Waals surface area (Å²) in [7, 11) is 1.56. The second kappa shape index (κ2) is 7.52. The zero-order chi connectivity index (χ0) is 14.3. The Hall–Kier alpha value is -1.90. The number of hydrogen-bond acceptors (Lipinski definition) is 4. The number of carbonyl (C=O) groups excluding carboxylic acids is 1. The van der Waals surface area contributed by atoms with Crippen LogP contribution in [0.3, 0.4) is 0 Å². The van der Waals surface area contributed by atoms with E-state index >= 15 is 0 Å². The average molecular weight is 262 g/mol. The van der Waals surface area contributed by atoms with Crippen LogP contribution in [0.2, 0.25) is 0 Å². The minimum absolute atomic E-state index is 0.0925. The first-order valence-electron chi connectivity index (χ1n) is 6.03. The summed E-state index contributed by atoms with van der Waals surface area (Å²) in [5, 5.41) is 17.8. The Morgan fingerprint density at radius 1 is 1.47 bits per heavy atom. The second-order valence-corrected chi connectivity index (χ2v) is 4.15. The molecular weight excluding hydrogens is 244 g/mol. The van der Waals surface area contributed by atoms with Crippen molar-refractivity contribution in [2.45, 2.75) is 6.92 Å². The number of benzene rings is 1. The van der Waals surface area contributed by atoms with Crippen LogP contribution in [0.4, 0.5) is 0 Å². The quantitative estimate of drug-likeness (QED) is 0.828. The van der Waals surface area contributed by atoms with Gasteiger partial charge in [0.15, 0.2) is 0 Å². The van der Waals surface area contributed by atoms with Crippen LogP contribution in [0.15, 0.2) is 18.2 Å². The summed E-state index contributed by atoms with van der Waals surface area (Å²) in [5.41, 5.74) is 1.83. The average Bonchev–Trinajstić information content (AvgIpc) is 2.42. The van der Waals surface area contributed by atoms with Crippen LogP contribution < -0.4 is 0 Å². The van der Waals surface area contributed by atoms with E-state index < -0.39 is 0 Å². The van der Waals surface area contributed by atoms with Crippen molar-refractivity contribution in [2.24, 2.45) is 0 Å². The summed E-state index contributed by atoms with van der Waals surface area (Å²) < 4.78 is 4.95. The van der Waals surface area contributed by atoms with Gasteiger partial charge in [-0.1, -0.05) is 0 Å². The highest BCUT2D eigenvalue weighted by molar-refractivity contribution is 5.95. The van der Waals surface area contributed by atoms with Crippen LogP contribution in [-0.2, 0) is 4.74 Å². The van der Waals surface area contributed by atoms with Gasteiger partial charge in [0.05, 0.1) is 24.8 Å². The molecule has 0 aliphatic carbocycles. The number of aryl methyl sites for hydroxylation is 1. The van der Waals surface area contributed by atoms with Gasteiger partial charge >= 0.3 is 0 Å². The van der Waals surface area contributed by atoms with Gasteiger partial charge in [-0.2, -0.15) is 5.26 Å². The molecule has 5 nitrogen and oxygen atoms in total. The molecule has 0 saturated carbocycles. The predicted molar refractivity (Wildman–Crippen MR) is 70.8 cm³/mol. The highest BCUT2D eigenvalue weighted by Gasteiger charge is 2.17. The first kappa shape index (κ1) is 15.2. The predicted octanol–water partition coefficient (Wildman–Crippen LogP) is 0.948. The normalized spacial score (nSPS) is 10.0. The van der Waals surface area contributed by atoms with E-state index in [-0.39, 0.29) is 19.1 Å². The molecule has 0 radical (unpaired) electrons. The number of nitriles is 1. The van der Waals surface area contributed by atoms with Gasteiger partial charge < -0.3 is 14.7 Å². The van der Waals surface area contributed by atoms with E-state index in [1.165, 1.54) is 4.90 Å². The van der Waals surface area contributed by atoms with Crippen molar-refractivity contribution < 1.29 is 14.6 Å². The van der Waals surface area contributed by atoms with Gasteiger partial charge in [0.25, 0.3) is 5.91 Å². The molecule has 1 rings (SSSR count). The van der Waals surface area contributed by atoms with Gasteiger partial charge in [0.1, 0.15) is 0 Å². The highest BCUT2D eigenvalue weighted by atomic mass is 16.5. The van der Waals surface area contributed by atoms with Crippen molar-refractivity contribution in [3.05, 3.63) is 34.9 Å². The smallest absolute Gasteiger partial charge is 0.254 e. The molecule has 1 aromatic rings. The lowest BCUT2D eigenvalue weighted by Crippen LogP contribution is -2.36. The molecule has 0 heterocycles. The minimum atomic E-state index is -0.159. The number of amides is 1. The molecular formula is C14H18N2O3. The fraction of sp³-hybridized carbons (Fsp3) is 0.429. The second-order valence-electron chi connectivity index (χ2n) is 4.15. The first-order chi connectivity index (χ1) is 9.13. The van der Waals surface area contributed by atoms with Gasteiger partial charge in [0, 0.05) is 25.8 Å². The molecule has 0 aliphatic heterocycles. The summed E-state index contributed by atoms with van der Waals surface area (Å²) in [4.78, 5) is 13.9. The maximum absolute atomic E-state index is 12.3. The van der Waals surface area contributed by atoms with E-state index in [1.807, 2.05) is 6.07 Å². The maximum atomic E-state index is 12.3. The highest BCUT2D eigenvalue weighted by Crippen LogP contribution is 2.13. The van der Waals surface area contributed by atoms with Crippen molar-refractivity contribution in [1.29, 1.82) is 5.26 Å². The molecule has 0 bridgehead atoms. The van der Waals surface area contributed by atoms with Gasteiger partial charge in [0.2, 0.25) is 0 Å². The van der Waals surface area contributed by atoms with Gasteiger partial charge in [-0.3, -0.25) is 4.79 Å². The largest absolute Gasteiger partial charge is 0.395 e. The van der Waals surface area contributed by atoms with Crippen LogP contribution in [0.1, 0.15) is 21.5 Å². The molecule has 0 aromatic heterocycles. The maximum Gasteiger partial charge on any atom is 0.254 e. The third kappa shape index (κ3) is 4.05. The summed E-state index contributed by atoms with van der Waals surface area (Å²) in [5.74, 6) is -0.159. The molecule has 0 fully saturated rings. The lowest BCUT2D eigenvalue weighted by Gasteiger charge is -2.22. The Morgan fingerprint density at radius 3 is 2.74 bits per heavy atom. The molecule has 102 valence electrons. The lowest BCUT2D eigenvalue weighted by molar-refractivity contribution is 0.0656. The summed E-state index contributed by atoms with van der Waals surface area (Å²) in [6, 6.07) is 6.98. The van der Waals surface area contributed by atoms with Crippen molar-refractivity contribution in [2.75, 3.05) is 33.4 Å². The third-order valence-corrected chi connectivity index (χ3v) is 2.81. The number of aliphatic hydroxyl groups excluding tert-OH is 1. The Bertz CT molecular complexity index is 480. The van der Waals surface area contributed by atoms with Gasteiger partial charge in [-0.05, 0) is 30.7 Å². The minimum Gasteiger partial charge on any atom is -0.395 e. The fourth-order valence-corrected chi connectivity index (χ4v) is 1.78. The van der Waals surface area contributed by atoms with Crippen molar-refractivity contribution in [1.82, 2.24) is 4.90 Å². The number of ether oxygens (including phenoxy) is 1. The molecule has 0 atom stereocenters. The molecule has 5 heteroatoms. The van der Waals surface area contributed by atoms with E-state index in [0.717, 1.165) is 5.56 Å². The zero-order valence-corrected chi connectivity index (χ0v) is 11.2. The van der Waals surface area contributed by atoms with E-state index in [4.69, 9.17) is 15.1 Å². The van der Waals surface area contributed by atoms with Crippen LogP contribution in [0.25, 0.3) is 0 Å². The van der Waals surface area contributed by atoms with Crippen molar-refractivity contribution in [3.8, 4) is 6.07 Å². The molecule has 1 aromatic carbocycles. The lowest BCUT2D eigenvalue weighted by atomic mass is 10.0. The number of carbonyl (C=O) groups is 1. The number of nitrogens with zero attached hydrogens (tertiary/aromatic N) is 2. The molecule has 1 N–H and O–H groups in total. The topological polar surface area (TPSA) is 73.6 Å². The first-order valence-corrected chi connectivity index (χ1v) is 6.03. The molecule has 19 heavy (non-hydrogen) atoms. The number of methoxy groups -OCH3 is 1. The Morgan fingerprint density at radius 2 is 2.21 bits per heavy atom. The van der Waals surface area contributed by atoms with Crippen LogP contribution in [0.5, 0.6) is 0 Å². The third-order valence-electron chi connectivity index (χ3n) is 2.81. The van der Waals surface area contributed by atoms with E-state index in [9.17, 15) is 4.79 Å². The van der Waals surface area contributed by atoms with Crippen molar-refractivity contribution >= 4 is 5.91 Å². The molecule has 0 spiro atoms. The Kier molecular flexibility index (Phi) is 6.00. The van der Waals surface area contributed by atoms with E-state index in [2.05, 4.69) is 0 Å².